The summed E-state index contributed by atoms with van der Waals surface area (Å²) in [4.78, 5) is 1.23. The largest absolute Gasteiger partial charge is 0.270 e. The molecule has 0 bridgehead atoms. The molecule has 3 nitrogen and oxygen atoms in total. The molecule has 3 atom stereocenters. The zero-order valence-electron chi connectivity index (χ0n) is 14.3. The molecule has 5 heteroatoms. The molecule has 0 N–H and O–H groups in total. The molecule has 0 aliphatic carbocycles. The fourth-order valence-corrected chi connectivity index (χ4v) is 4.86. The first kappa shape index (κ1) is 18.2. The van der Waals surface area contributed by atoms with Crippen LogP contribution >= 0.6 is 11.8 Å². The standard InChI is InChI=1S/C20H22O3S2/c1-15-19(14-23-25(2,21)22)18(16-9-5-3-6-10-16)13-20(24-15)17-11-7-4-8-12-17/h3-13,15,18-19H,14H2,1-2H3/t15-,18-,19-/m1/s1. The highest BCUT2D eigenvalue weighted by atomic mass is 32.2. The average Bonchev–Trinajstić information content (AvgIpc) is 2.61. The van der Waals surface area contributed by atoms with Crippen molar-refractivity contribution >= 4 is 26.8 Å². The molecule has 2 aromatic carbocycles. The van der Waals surface area contributed by atoms with Crippen LogP contribution in [0.25, 0.3) is 4.91 Å². The first-order valence-electron chi connectivity index (χ1n) is 8.27. The lowest BCUT2D eigenvalue weighted by Gasteiger charge is -2.35. The molecule has 25 heavy (non-hydrogen) atoms. The van der Waals surface area contributed by atoms with Gasteiger partial charge in [-0.2, -0.15) is 8.42 Å². The van der Waals surface area contributed by atoms with E-state index in [1.165, 1.54) is 16.0 Å². The lowest BCUT2D eigenvalue weighted by atomic mass is 9.83. The van der Waals surface area contributed by atoms with Crippen molar-refractivity contribution in [1.29, 1.82) is 0 Å². The maximum Gasteiger partial charge on any atom is 0.264 e. The fraction of sp³-hybridized carbons (Fsp3) is 0.300. The molecular formula is C20H22O3S2. The first-order chi connectivity index (χ1) is 11.9. The van der Waals surface area contributed by atoms with Crippen molar-refractivity contribution in [2.24, 2.45) is 5.92 Å². The molecule has 0 saturated heterocycles. The Hall–Kier alpha value is -1.56. The Morgan fingerprint density at radius 3 is 2.20 bits per heavy atom. The highest BCUT2D eigenvalue weighted by Gasteiger charge is 2.33. The van der Waals surface area contributed by atoms with Crippen LogP contribution in [0.15, 0.2) is 66.7 Å². The Labute approximate surface area is 154 Å². The van der Waals surface area contributed by atoms with Crippen molar-refractivity contribution < 1.29 is 12.6 Å². The minimum Gasteiger partial charge on any atom is -0.270 e. The minimum absolute atomic E-state index is 0.0922. The Kier molecular flexibility index (Phi) is 5.67. The number of rotatable bonds is 5. The van der Waals surface area contributed by atoms with E-state index in [1.54, 1.807) is 11.8 Å². The van der Waals surface area contributed by atoms with Crippen LogP contribution in [0.3, 0.4) is 0 Å². The van der Waals surface area contributed by atoms with Crippen molar-refractivity contribution in [2.45, 2.75) is 18.1 Å². The van der Waals surface area contributed by atoms with E-state index in [-0.39, 0.29) is 23.7 Å². The smallest absolute Gasteiger partial charge is 0.264 e. The zero-order valence-corrected chi connectivity index (χ0v) is 16.0. The third-order valence-electron chi connectivity index (χ3n) is 4.43. The topological polar surface area (TPSA) is 43.4 Å². The van der Waals surface area contributed by atoms with Crippen LogP contribution < -0.4 is 0 Å². The monoisotopic (exact) mass is 374 g/mol. The molecule has 0 radical (unpaired) electrons. The van der Waals surface area contributed by atoms with Gasteiger partial charge in [0.05, 0.1) is 12.9 Å². The van der Waals surface area contributed by atoms with Crippen molar-refractivity contribution in [2.75, 3.05) is 12.9 Å². The molecule has 3 rings (SSSR count). The number of allylic oxidation sites excluding steroid dienone is 1. The Bertz CT molecular complexity index is 830. The molecule has 1 aliphatic heterocycles. The summed E-state index contributed by atoms with van der Waals surface area (Å²) in [5, 5.41) is 0.243. The Morgan fingerprint density at radius 2 is 1.60 bits per heavy atom. The van der Waals surface area contributed by atoms with E-state index in [0.717, 1.165) is 6.26 Å². The maximum absolute atomic E-state index is 11.5. The number of hydrogen-bond donors (Lipinski definition) is 0. The quantitative estimate of drug-likeness (QED) is 0.721. The molecule has 0 amide bonds. The second kappa shape index (κ2) is 7.77. The van der Waals surface area contributed by atoms with Crippen molar-refractivity contribution in [3.8, 4) is 0 Å². The third-order valence-corrected chi connectivity index (χ3v) is 6.34. The fourth-order valence-electron chi connectivity index (χ4n) is 3.13. The summed E-state index contributed by atoms with van der Waals surface area (Å²) in [6.07, 6.45) is 3.36. The number of hydrogen-bond acceptors (Lipinski definition) is 4. The molecule has 0 spiro atoms. The predicted octanol–water partition coefficient (Wildman–Crippen LogP) is 4.54. The van der Waals surface area contributed by atoms with E-state index >= 15 is 0 Å². The van der Waals surface area contributed by atoms with Crippen LogP contribution in [0.5, 0.6) is 0 Å². The van der Waals surface area contributed by atoms with Crippen molar-refractivity contribution in [3.63, 3.8) is 0 Å². The lowest BCUT2D eigenvalue weighted by molar-refractivity contribution is 0.243. The normalized spacial score (nSPS) is 23.9. The second-order valence-electron chi connectivity index (χ2n) is 6.31. The van der Waals surface area contributed by atoms with E-state index in [2.05, 4.69) is 37.3 Å². The van der Waals surface area contributed by atoms with Gasteiger partial charge in [-0.3, -0.25) is 4.18 Å². The third kappa shape index (κ3) is 4.75. The van der Waals surface area contributed by atoms with Gasteiger partial charge < -0.3 is 0 Å². The molecule has 0 saturated carbocycles. The molecule has 1 aliphatic rings. The highest BCUT2D eigenvalue weighted by Crippen LogP contribution is 2.46. The van der Waals surface area contributed by atoms with Gasteiger partial charge in [-0.1, -0.05) is 73.7 Å². The molecule has 0 fully saturated rings. The minimum atomic E-state index is -3.45. The van der Waals surface area contributed by atoms with Gasteiger partial charge in [0.2, 0.25) is 0 Å². The van der Waals surface area contributed by atoms with Gasteiger partial charge in [-0.15, -0.1) is 11.8 Å². The predicted molar refractivity (Wildman–Crippen MR) is 105 cm³/mol. The van der Waals surface area contributed by atoms with Crippen LogP contribution in [-0.4, -0.2) is 26.5 Å². The molecule has 0 unspecified atom stereocenters. The summed E-state index contributed by atoms with van der Waals surface area (Å²) in [6, 6.07) is 20.5. The number of thioether (sulfide) groups is 1. The molecule has 0 aromatic heterocycles. The van der Waals surface area contributed by atoms with E-state index in [9.17, 15) is 8.42 Å². The van der Waals surface area contributed by atoms with E-state index in [4.69, 9.17) is 4.18 Å². The van der Waals surface area contributed by atoms with Gasteiger partial charge in [-0.25, -0.2) is 0 Å². The summed E-state index contributed by atoms with van der Waals surface area (Å²) in [7, 11) is -3.45. The van der Waals surface area contributed by atoms with E-state index < -0.39 is 10.1 Å². The molecule has 2 aromatic rings. The van der Waals surface area contributed by atoms with Gasteiger partial charge >= 0.3 is 0 Å². The SMILES string of the molecule is C[C@H]1SC(c2ccccc2)=C[C@H](c2ccccc2)[C@@H]1COS(C)(=O)=O. The maximum atomic E-state index is 11.5. The van der Waals surface area contributed by atoms with Gasteiger partial charge in [-0.05, 0) is 11.1 Å². The Morgan fingerprint density at radius 1 is 1.00 bits per heavy atom. The van der Waals surface area contributed by atoms with Crippen LogP contribution in [0.2, 0.25) is 0 Å². The van der Waals surface area contributed by atoms with Gasteiger partial charge in [0.25, 0.3) is 10.1 Å². The van der Waals surface area contributed by atoms with E-state index in [1.807, 2.05) is 36.4 Å². The summed E-state index contributed by atoms with van der Waals surface area (Å²) < 4.78 is 28.1. The van der Waals surface area contributed by atoms with Gasteiger partial charge in [0.1, 0.15) is 0 Å². The molecular weight excluding hydrogens is 352 g/mol. The van der Waals surface area contributed by atoms with Crippen molar-refractivity contribution in [3.05, 3.63) is 77.9 Å². The summed E-state index contributed by atoms with van der Waals surface area (Å²) in [6.45, 7) is 2.35. The Balaban J connectivity index is 1.97. The van der Waals surface area contributed by atoms with Crippen LogP contribution in [0, 0.1) is 5.92 Å². The second-order valence-corrected chi connectivity index (χ2v) is 9.37. The summed E-state index contributed by atoms with van der Waals surface area (Å²) >= 11 is 1.78. The van der Waals surface area contributed by atoms with Crippen LogP contribution in [0.1, 0.15) is 24.0 Å². The van der Waals surface area contributed by atoms with Gasteiger partial charge in [0, 0.05) is 22.0 Å². The van der Waals surface area contributed by atoms with E-state index in [0.29, 0.717) is 0 Å². The van der Waals surface area contributed by atoms with Crippen molar-refractivity contribution in [1.82, 2.24) is 0 Å². The van der Waals surface area contributed by atoms with Crippen LogP contribution in [0.4, 0.5) is 0 Å². The molecule has 132 valence electrons. The summed E-state index contributed by atoms with van der Waals surface area (Å²) in [5.74, 6) is 0.212. The first-order valence-corrected chi connectivity index (χ1v) is 11.0. The van der Waals surface area contributed by atoms with Crippen LogP contribution in [-0.2, 0) is 14.3 Å². The molecule has 1 heterocycles. The lowest BCUT2D eigenvalue weighted by Crippen LogP contribution is -2.30. The summed E-state index contributed by atoms with van der Waals surface area (Å²) in [5.41, 5.74) is 2.38. The highest BCUT2D eigenvalue weighted by molar-refractivity contribution is 8.08. The zero-order chi connectivity index (χ0) is 17.9. The van der Waals surface area contributed by atoms with Gasteiger partial charge in [0.15, 0.2) is 0 Å². The number of benzene rings is 2. The average molecular weight is 375 g/mol.